The van der Waals surface area contributed by atoms with E-state index in [1.54, 1.807) is 57.4 Å². The van der Waals surface area contributed by atoms with E-state index in [0.29, 0.717) is 38.8 Å². The van der Waals surface area contributed by atoms with Crippen LogP contribution in [0.15, 0.2) is 80.6 Å². The summed E-state index contributed by atoms with van der Waals surface area (Å²) in [7, 11) is 7.72. The molecule has 19 heteroatoms. The first-order valence-electron chi connectivity index (χ1n) is 20.8. The standard InChI is InChI=1S/C46H43ClN8O9S/c1-22-25-17-23(47)11-12-36(25)65-40(22)29-20-37(51(4)49-29)54-41(57)26-18-30-24(39(46(26,2)43(54)59)38-32(56)9-8-10-33(38)62-5)13-16-53-44(60)52(45(61)55(30)53)15-14-27-42(58)50(3)31-21-35(64-7)34(63-6)19-28(31)48-27/h8-13,17,19-21,26,30,39,56H,14-16,18H2,1-7H3. The molecule has 3 aliphatic rings. The van der Waals surface area contributed by atoms with Crippen molar-refractivity contribution in [1.29, 1.82) is 0 Å². The van der Waals surface area contributed by atoms with Gasteiger partial charge in [-0.3, -0.25) is 19.1 Å². The molecule has 0 bridgehead atoms. The van der Waals surface area contributed by atoms with Crippen LogP contribution in [0, 0.1) is 18.3 Å². The van der Waals surface area contributed by atoms with Gasteiger partial charge >= 0.3 is 11.4 Å². The molecule has 65 heavy (non-hydrogen) atoms. The Bertz CT molecular complexity index is 3430. The van der Waals surface area contributed by atoms with Crippen LogP contribution >= 0.6 is 22.9 Å². The molecule has 6 heterocycles. The molecule has 10 rings (SSSR count). The zero-order valence-corrected chi connectivity index (χ0v) is 38.0. The van der Waals surface area contributed by atoms with Crippen molar-refractivity contribution in [3.05, 3.63) is 119 Å². The van der Waals surface area contributed by atoms with Gasteiger partial charge in [-0.1, -0.05) is 23.7 Å². The number of phenols is 1. The molecular weight excluding hydrogens is 876 g/mol. The highest BCUT2D eigenvalue weighted by molar-refractivity contribution is 7.22. The van der Waals surface area contributed by atoms with Crippen LogP contribution in [0.5, 0.6) is 23.0 Å². The number of halogens is 1. The van der Waals surface area contributed by atoms with Crippen LogP contribution in [0.25, 0.3) is 31.7 Å². The van der Waals surface area contributed by atoms with Crippen LogP contribution in [0.4, 0.5) is 5.82 Å². The van der Waals surface area contributed by atoms with Crippen molar-refractivity contribution >= 4 is 61.7 Å². The number of ether oxygens (including phenoxy) is 3. The maximum atomic E-state index is 15.3. The first-order chi connectivity index (χ1) is 31.1. The van der Waals surface area contributed by atoms with Crippen molar-refractivity contribution in [2.75, 3.05) is 26.2 Å². The number of anilines is 1. The molecule has 7 aromatic rings. The number of fused-ring (bicyclic) bond motifs is 6. The highest BCUT2D eigenvalue weighted by Gasteiger charge is 2.66. The van der Waals surface area contributed by atoms with E-state index in [1.165, 1.54) is 62.2 Å². The van der Waals surface area contributed by atoms with Gasteiger partial charge in [0.25, 0.3) is 5.56 Å². The Hall–Kier alpha value is -6.92. The second-order valence-corrected chi connectivity index (χ2v) is 18.3. The number of thiophene rings is 1. The summed E-state index contributed by atoms with van der Waals surface area (Å²) < 4.78 is 24.4. The summed E-state index contributed by atoms with van der Waals surface area (Å²) in [4.78, 5) is 79.4. The number of aromatic hydroxyl groups is 1. The molecule has 1 aliphatic carbocycles. The number of nitrogens with zero attached hydrogens (tertiary/aromatic N) is 8. The van der Waals surface area contributed by atoms with Crippen molar-refractivity contribution < 1.29 is 28.9 Å². The molecule has 4 unspecified atom stereocenters. The number of benzene rings is 3. The lowest BCUT2D eigenvalue weighted by Gasteiger charge is -2.47. The Morgan fingerprint density at radius 3 is 2.42 bits per heavy atom. The number of imide groups is 1. The zero-order chi connectivity index (χ0) is 46.0. The van der Waals surface area contributed by atoms with Crippen LogP contribution < -0.4 is 36.0 Å². The predicted octanol–water partition coefficient (Wildman–Crippen LogP) is 5.47. The number of hydrogen-bond donors (Lipinski definition) is 1. The van der Waals surface area contributed by atoms with Crippen LogP contribution in [0.1, 0.15) is 42.1 Å². The second-order valence-electron chi connectivity index (χ2n) is 16.8. The first-order valence-corrected chi connectivity index (χ1v) is 22.0. The summed E-state index contributed by atoms with van der Waals surface area (Å²) in [5.74, 6) is -1.81. The lowest BCUT2D eigenvalue weighted by Crippen LogP contribution is -2.49. The van der Waals surface area contributed by atoms with Crippen molar-refractivity contribution in [1.82, 2.24) is 33.3 Å². The minimum absolute atomic E-state index is 0.0157. The third kappa shape index (κ3) is 5.99. The summed E-state index contributed by atoms with van der Waals surface area (Å²) in [5, 5.41) is 18.0. The fourth-order valence-electron chi connectivity index (χ4n) is 10.3. The normalized spacial score (nSPS) is 20.3. The number of allylic oxidation sites excluding steroid dienone is 2. The van der Waals surface area contributed by atoms with Crippen LogP contribution in [0.3, 0.4) is 0 Å². The average Bonchev–Trinajstić information content (AvgIpc) is 3.96. The number of carbonyl (C=O) groups excluding carboxylic acids is 2. The van der Waals surface area contributed by atoms with Crippen molar-refractivity contribution in [3.63, 3.8) is 0 Å². The largest absolute Gasteiger partial charge is 0.508 e. The summed E-state index contributed by atoms with van der Waals surface area (Å²) in [6, 6.07) is 14.6. The van der Waals surface area contributed by atoms with E-state index in [1.807, 2.05) is 25.1 Å². The minimum Gasteiger partial charge on any atom is -0.508 e. The molecule has 4 aromatic heterocycles. The van der Waals surface area contributed by atoms with Gasteiger partial charge in [0.1, 0.15) is 28.7 Å². The van der Waals surface area contributed by atoms with Gasteiger partial charge in [0.2, 0.25) is 11.8 Å². The van der Waals surface area contributed by atoms with Crippen LogP contribution in [-0.2, 0) is 43.2 Å². The van der Waals surface area contributed by atoms with E-state index >= 15 is 9.59 Å². The fourth-order valence-corrected chi connectivity index (χ4v) is 11.7. The van der Waals surface area contributed by atoms with E-state index in [9.17, 15) is 19.5 Å². The highest BCUT2D eigenvalue weighted by Crippen LogP contribution is 2.63. The lowest BCUT2D eigenvalue weighted by molar-refractivity contribution is -0.129. The number of phenolic OH excluding ortho intramolecular Hbond substituents is 1. The lowest BCUT2D eigenvalue weighted by atomic mass is 9.56. The molecule has 1 saturated carbocycles. The number of methoxy groups -OCH3 is 3. The van der Waals surface area contributed by atoms with Gasteiger partial charge in [-0.25, -0.2) is 33.4 Å². The average molecular weight is 919 g/mol. The molecule has 1 N–H and O–H groups in total. The first kappa shape index (κ1) is 42.1. The smallest absolute Gasteiger partial charge is 0.347 e. The number of amides is 2. The van der Waals surface area contributed by atoms with Crippen molar-refractivity contribution in [3.8, 4) is 33.6 Å². The molecule has 1 saturated heterocycles. The second kappa shape index (κ2) is 15.1. The summed E-state index contributed by atoms with van der Waals surface area (Å²) in [5.41, 5.74) is 0.298. The quantitative estimate of drug-likeness (QED) is 0.143. The van der Waals surface area contributed by atoms with Gasteiger partial charge in [-0.05, 0) is 67.1 Å². The van der Waals surface area contributed by atoms with Crippen LogP contribution in [0.2, 0.25) is 5.02 Å². The van der Waals surface area contributed by atoms with E-state index in [2.05, 4.69) is 4.98 Å². The molecule has 17 nitrogen and oxygen atoms in total. The number of hydrogen-bond acceptors (Lipinski definition) is 12. The number of aromatic nitrogens is 7. The molecule has 0 spiro atoms. The third-order valence-electron chi connectivity index (χ3n) is 13.6. The van der Waals surface area contributed by atoms with Gasteiger partial charge in [-0.2, -0.15) is 5.10 Å². The van der Waals surface area contributed by atoms with Gasteiger partial charge in [-0.15, -0.1) is 11.3 Å². The van der Waals surface area contributed by atoms with Crippen molar-refractivity contribution in [2.45, 2.75) is 51.7 Å². The molecule has 2 aliphatic heterocycles. The predicted molar refractivity (Wildman–Crippen MR) is 244 cm³/mol. The van der Waals surface area contributed by atoms with Gasteiger partial charge in [0.15, 0.2) is 11.5 Å². The molecule has 0 radical (unpaired) electrons. The maximum Gasteiger partial charge on any atom is 0.347 e. The van der Waals surface area contributed by atoms with Crippen molar-refractivity contribution in [2.24, 2.45) is 25.4 Å². The fraction of sp³-hybridized carbons (Fsp3) is 0.326. The maximum absolute atomic E-state index is 15.3. The van der Waals surface area contributed by atoms with E-state index in [4.69, 9.17) is 30.9 Å². The number of aryl methyl sites for hydroxylation is 4. The number of rotatable bonds is 9. The van der Waals surface area contributed by atoms with Crippen LogP contribution in [-0.4, -0.2) is 71.5 Å². The summed E-state index contributed by atoms with van der Waals surface area (Å²) in [6.07, 6.45) is 1.73. The molecule has 2 amide bonds. The van der Waals surface area contributed by atoms with E-state index in [0.717, 1.165) is 25.1 Å². The SMILES string of the molecule is COc1cc2nc(CCn3c(=O)n4n(c3=O)C3CC5C(=O)N(c6cc(-c7sc8ccc(Cl)cc8c7C)nn6C)C(=O)C5(C)C(c5c(O)cccc5OC)C3=CC4)c(=O)n(C)c2cc1OC. The van der Waals surface area contributed by atoms with Gasteiger partial charge in [0.05, 0.1) is 61.2 Å². The Labute approximate surface area is 378 Å². The number of carbonyl (C=O) groups is 2. The van der Waals surface area contributed by atoms with E-state index < -0.39 is 52.0 Å². The van der Waals surface area contributed by atoms with E-state index in [-0.39, 0.29) is 54.5 Å². The molecule has 2 fully saturated rings. The molecule has 334 valence electrons. The van der Waals surface area contributed by atoms with Gasteiger partial charge < -0.3 is 23.9 Å². The van der Waals surface area contributed by atoms with Gasteiger partial charge in [0, 0.05) is 66.5 Å². The molecular formula is C46H43ClN8O9S. The topological polar surface area (TPSA) is 187 Å². The summed E-state index contributed by atoms with van der Waals surface area (Å²) in [6.45, 7) is 3.48. The molecule has 4 atom stereocenters. The Morgan fingerprint density at radius 1 is 0.938 bits per heavy atom. The highest BCUT2D eigenvalue weighted by atomic mass is 35.5. The minimum atomic E-state index is -1.50. The zero-order valence-electron chi connectivity index (χ0n) is 36.4. The molecule has 3 aromatic carbocycles. The Balaban J connectivity index is 1.06. The Kier molecular flexibility index (Phi) is 9.76. The summed E-state index contributed by atoms with van der Waals surface area (Å²) >= 11 is 7.87. The Morgan fingerprint density at radius 2 is 1.68 bits per heavy atom. The monoisotopic (exact) mass is 918 g/mol. The third-order valence-corrected chi connectivity index (χ3v) is 15.1.